The summed E-state index contributed by atoms with van der Waals surface area (Å²) < 4.78 is 11.3. The van der Waals surface area contributed by atoms with Crippen molar-refractivity contribution in [1.82, 2.24) is 4.57 Å². The van der Waals surface area contributed by atoms with E-state index in [4.69, 9.17) is 4.42 Å². The first-order chi connectivity index (χ1) is 28.7. The molecule has 11 aromatic rings. The molecular formula is C54H36N2OS. The smallest absolute Gasteiger partial charge is 0.136 e. The Morgan fingerprint density at radius 2 is 1.14 bits per heavy atom. The summed E-state index contributed by atoms with van der Waals surface area (Å²) in [5.74, 6) is 0. The largest absolute Gasteiger partial charge is 0.456 e. The van der Waals surface area contributed by atoms with Crippen LogP contribution in [0.2, 0.25) is 0 Å². The number of fused-ring (bicyclic) bond motifs is 9. The average molecular weight is 761 g/mol. The van der Waals surface area contributed by atoms with Gasteiger partial charge in [0, 0.05) is 58.8 Å². The number of para-hydroxylation sites is 3. The van der Waals surface area contributed by atoms with Gasteiger partial charge in [-0.15, -0.1) is 11.3 Å². The highest BCUT2D eigenvalue weighted by atomic mass is 32.1. The van der Waals surface area contributed by atoms with Gasteiger partial charge in [0.25, 0.3) is 0 Å². The minimum Gasteiger partial charge on any atom is -0.456 e. The minimum absolute atomic E-state index is 0.103. The molecule has 58 heavy (non-hydrogen) atoms. The van der Waals surface area contributed by atoms with Crippen LogP contribution in [0, 0.1) is 0 Å². The summed E-state index contributed by atoms with van der Waals surface area (Å²) in [5, 5.41) is 7.46. The number of rotatable bonds is 6. The number of benzene rings is 8. The standard InChI is InChI=1S/C54H36N2OS/c1-2-10-39(11-3-1)56-49-15-7-4-12-43(49)44-31-28-42(34-50(44)56)55(40-24-18-35(19-25-40)37-22-29-46-45-13-5-8-16-51(45)57-52(46)32-37)41-26-20-36(21-27-41)38-23-30-48-47-14-6-9-17-53(47)58-54(48)33-38/h1-24,26-34,40H,25H2. The molecule has 1 aliphatic carbocycles. The van der Waals surface area contributed by atoms with Crippen molar-refractivity contribution in [3.63, 3.8) is 0 Å². The Morgan fingerprint density at radius 1 is 0.483 bits per heavy atom. The van der Waals surface area contributed by atoms with Crippen molar-refractivity contribution < 1.29 is 4.42 Å². The van der Waals surface area contributed by atoms with Crippen LogP contribution in [0.1, 0.15) is 12.0 Å². The molecule has 0 spiro atoms. The van der Waals surface area contributed by atoms with E-state index < -0.39 is 0 Å². The number of nitrogens with zero attached hydrogens (tertiary/aromatic N) is 2. The van der Waals surface area contributed by atoms with Crippen molar-refractivity contribution in [1.29, 1.82) is 0 Å². The van der Waals surface area contributed by atoms with E-state index in [2.05, 4.69) is 198 Å². The van der Waals surface area contributed by atoms with Gasteiger partial charge in [0.1, 0.15) is 11.2 Å². The van der Waals surface area contributed by atoms with Crippen LogP contribution in [0.25, 0.3) is 86.3 Å². The van der Waals surface area contributed by atoms with Gasteiger partial charge in [0.15, 0.2) is 0 Å². The van der Waals surface area contributed by atoms with Crippen molar-refractivity contribution in [2.24, 2.45) is 0 Å². The summed E-state index contributed by atoms with van der Waals surface area (Å²) in [6.45, 7) is 0. The van der Waals surface area contributed by atoms with Crippen LogP contribution in [-0.4, -0.2) is 10.6 Å². The summed E-state index contributed by atoms with van der Waals surface area (Å²) in [4.78, 5) is 2.51. The molecule has 8 aromatic carbocycles. The summed E-state index contributed by atoms with van der Waals surface area (Å²) in [5.41, 5.74) is 12.5. The van der Waals surface area contributed by atoms with Gasteiger partial charge in [-0.25, -0.2) is 0 Å². The molecule has 274 valence electrons. The van der Waals surface area contributed by atoms with Crippen LogP contribution in [0.15, 0.2) is 205 Å². The van der Waals surface area contributed by atoms with E-state index in [1.54, 1.807) is 0 Å². The molecule has 12 rings (SSSR count). The number of allylic oxidation sites excluding steroid dienone is 2. The molecule has 3 heterocycles. The topological polar surface area (TPSA) is 21.3 Å². The molecular weight excluding hydrogens is 725 g/mol. The molecule has 4 heteroatoms. The molecule has 0 saturated heterocycles. The summed E-state index contributed by atoms with van der Waals surface area (Å²) >= 11 is 1.87. The normalized spacial score (nSPS) is 14.3. The van der Waals surface area contributed by atoms with Crippen molar-refractivity contribution in [3.05, 3.63) is 206 Å². The van der Waals surface area contributed by atoms with Gasteiger partial charge in [0.05, 0.1) is 17.1 Å². The lowest BCUT2D eigenvalue weighted by Crippen LogP contribution is -2.30. The van der Waals surface area contributed by atoms with E-state index >= 15 is 0 Å². The fourth-order valence-electron chi connectivity index (χ4n) is 9.14. The number of furan rings is 1. The quantitative estimate of drug-likeness (QED) is 0.168. The third-order valence-electron chi connectivity index (χ3n) is 11.9. The predicted octanol–water partition coefficient (Wildman–Crippen LogP) is 15.3. The number of hydrogen-bond donors (Lipinski definition) is 0. The van der Waals surface area contributed by atoms with E-state index in [0.29, 0.717) is 0 Å². The second-order valence-electron chi connectivity index (χ2n) is 15.2. The molecule has 1 unspecified atom stereocenters. The maximum Gasteiger partial charge on any atom is 0.136 e. The Bertz CT molecular complexity index is 3440. The Morgan fingerprint density at radius 3 is 2.00 bits per heavy atom. The van der Waals surface area contributed by atoms with E-state index in [-0.39, 0.29) is 6.04 Å². The minimum atomic E-state index is 0.103. The van der Waals surface area contributed by atoms with Crippen LogP contribution < -0.4 is 4.90 Å². The average Bonchev–Trinajstić information content (AvgIpc) is 3.96. The Kier molecular flexibility index (Phi) is 7.54. The molecule has 1 atom stereocenters. The van der Waals surface area contributed by atoms with Crippen molar-refractivity contribution in [2.75, 3.05) is 4.90 Å². The van der Waals surface area contributed by atoms with E-state index in [9.17, 15) is 0 Å². The molecule has 0 amide bonds. The third-order valence-corrected chi connectivity index (χ3v) is 13.1. The number of anilines is 2. The number of hydrogen-bond acceptors (Lipinski definition) is 3. The van der Waals surface area contributed by atoms with Crippen molar-refractivity contribution in [3.8, 4) is 16.8 Å². The van der Waals surface area contributed by atoms with Gasteiger partial charge in [-0.2, -0.15) is 0 Å². The second kappa shape index (κ2) is 13.2. The Balaban J connectivity index is 0.953. The Labute approximate surface area is 339 Å². The third kappa shape index (κ3) is 5.33. The van der Waals surface area contributed by atoms with Crippen molar-refractivity contribution >= 4 is 92.2 Å². The van der Waals surface area contributed by atoms with Gasteiger partial charge in [-0.1, -0.05) is 127 Å². The zero-order valence-electron chi connectivity index (χ0n) is 31.5. The van der Waals surface area contributed by atoms with Gasteiger partial charge in [-0.05, 0) is 101 Å². The van der Waals surface area contributed by atoms with Crippen molar-refractivity contribution in [2.45, 2.75) is 12.5 Å². The maximum absolute atomic E-state index is 6.27. The molecule has 0 N–H and O–H groups in total. The fourth-order valence-corrected chi connectivity index (χ4v) is 10.3. The number of aromatic nitrogens is 1. The maximum atomic E-state index is 6.27. The predicted molar refractivity (Wildman–Crippen MR) is 247 cm³/mol. The molecule has 3 aromatic heterocycles. The molecule has 1 aliphatic rings. The van der Waals surface area contributed by atoms with Gasteiger partial charge < -0.3 is 13.9 Å². The highest BCUT2D eigenvalue weighted by Gasteiger charge is 2.23. The van der Waals surface area contributed by atoms with Gasteiger partial charge >= 0.3 is 0 Å². The highest BCUT2D eigenvalue weighted by molar-refractivity contribution is 7.25. The first-order valence-electron chi connectivity index (χ1n) is 19.9. The second-order valence-corrected chi connectivity index (χ2v) is 16.3. The molecule has 0 saturated carbocycles. The first kappa shape index (κ1) is 33.0. The van der Waals surface area contributed by atoms with Crippen LogP contribution in [0.3, 0.4) is 0 Å². The SMILES string of the molecule is C1=CC(N(c2ccc(-c3ccc4c(c3)sc3ccccc34)cc2)c2ccc3c4ccccc4n(-c4ccccc4)c3c2)CC=C1c1ccc2c(c1)oc1ccccc12. The molecule has 0 aliphatic heterocycles. The first-order valence-corrected chi connectivity index (χ1v) is 20.7. The summed E-state index contributed by atoms with van der Waals surface area (Å²) in [6, 6.07) is 66.2. The summed E-state index contributed by atoms with van der Waals surface area (Å²) in [6.07, 6.45) is 7.90. The lowest BCUT2D eigenvalue weighted by molar-refractivity contribution is 0.669. The lowest BCUT2D eigenvalue weighted by Gasteiger charge is -2.33. The Hall–Kier alpha value is -7.14. The van der Waals surface area contributed by atoms with Crippen LogP contribution >= 0.6 is 11.3 Å². The monoisotopic (exact) mass is 760 g/mol. The molecule has 0 fully saturated rings. The highest BCUT2D eigenvalue weighted by Crippen LogP contribution is 2.41. The molecule has 3 nitrogen and oxygen atoms in total. The van der Waals surface area contributed by atoms with E-state index in [1.807, 2.05) is 23.5 Å². The van der Waals surface area contributed by atoms with E-state index in [0.717, 1.165) is 45.4 Å². The van der Waals surface area contributed by atoms with Crippen LogP contribution in [-0.2, 0) is 0 Å². The summed E-state index contributed by atoms with van der Waals surface area (Å²) in [7, 11) is 0. The molecule has 0 bridgehead atoms. The lowest BCUT2D eigenvalue weighted by atomic mass is 9.94. The number of thiophene rings is 1. The van der Waals surface area contributed by atoms with Gasteiger partial charge in [-0.3, -0.25) is 0 Å². The molecule has 0 radical (unpaired) electrons. The van der Waals surface area contributed by atoms with Crippen LogP contribution in [0.5, 0.6) is 0 Å². The van der Waals surface area contributed by atoms with E-state index in [1.165, 1.54) is 64.2 Å². The fraction of sp³-hybridized carbons (Fsp3) is 0.0370. The zero-order chi connectivity index (χ0) is 38.2. The van der Waals surface area contributed by atoms with Crippen LogP contribution in [0.4, 0.5) is 11.4 Å². The van der Waals surface area contributed by atoms with Gasteiger partial charge in [0.2, 0.25) is 0 Å². The zero-order valence-corrected chi connectivity index (χ0v) is 32.4.